The van der Waals surface area contributed by atoms with Crippen molar-refractivity contribution in [3.05, 3.63) is 29.8 Å². The molecule has 1 fully saturated rings. The molecule has 1 aromatic carbocycles. The second kappa shape index (κ2) is 9.03. The van der Waals surface area contributed by atoms with Gasteiger partial charge >= 0.3 is 0 Å². The van der Waals surface area contributed by atoms with Gasteiger partial charge in [0.05, 0.1) is 6.61 Å². The molecule has 4 heteroatoms. The van der Waals surface area contributed by atoms with E-state index >= 15 is 0 Å². The summed E-state index contributed by atoms with van der Waals surface area (Å²) in [6.07, 6.45) is 3.48. The highest BCUT2D eigenvalue weighted by atomic mass is 16.5. The zero-order chi connectivity index (χ0) is 14.9. The molecular formula is C17H28N2O2. The quantitative estimate of drug-likeness (QED) is 0.795. The first-order valence-electron chi connectivity index (χ1n) is 7.95. The number of rotatable bonds is 8. The third-order valence-corrected chi connectivity index (χ3v) is 4.04. The van der Waals surface area contributed by atoms with Gasteiger partial charge in [0.25, 0.3) is 0 Å². The Morgan fingerprint density at radius 1 is 1.29 bits per heavy atom. The first-order valence-corrected chi connectivity index (χ1v) is 7.95. The highest BCUT2D eigenvalue weighted by Gasteiger charge is 2.19. The lowest BCUT2D eigenvalue weighted by Gasteiger charge is -2.32. The van der Waals surface area contributed by atoms with Gasteiger partial charge in [0.2, 0.25) is 0 Å². The molecule has 0 amide bonds. The van der Waals surface area contributed by atoms with E-state index in [0.717, 1.165) is 38.5 Å². The number of ether oxygens (including phenoxy) is 2. The molecule has 2 N–H and O–H groups in total. The topological polar surface area (TPSA) is 47.7 Å². The molecule has 1 aromatic rings. The van der Waals surface area contributed by atoms with E-state index < -0.39 is 0 Å². The first kappa shape index (κ1) is 16.3. The summed E-state index contributed by atoms with van der Waals surface area (Å²) >= 11 is 0. The van der Waals surface area contributed by atoms with Gasteiger partial charge in [-0.15, -0.1) is 0 Å². The van der Waals surface area contributed by atoms with Crippen molar-refractivity contribution in [3.8, 4) is 5.75 Å². The van der Waals surface area contributed by atoms with Crippen LogP contribution < -0.4 is 10.5 Å². The van der Waals surface area contributed by atoms with Gasteiger partial charge < -0.3 is 15.2 Å². The zero-order valence-corrected chi connectivity index (χ0v) is 13.1. The van der Waals surface area contributed by atoms with Crippen LogP contribution in [0.5, 0.6) is 5.75 Å². The van der Waals surface area contributed by atoms with Gasteiger partial charge in [-0.3, -0.25) is 4.90 Å². The van der Waals surface area contributed by atoms with Gasteiger partial charge in [0.1, 0.15) is 12.4 Å². The van der Waals surface area contributed by atoms with Crippen LogP contribution in [0, 0.1) is 5.92 Å². The van der Waals surface area contributed by atoms with Gasteiger partial charge in [-0.25, -0.2) is 0 Å². The van der Waals surface area contributed by atoms with Gasteiger partial charge in [0.15, 0.2) is 0 Å². The van der Waals surface area contributed by atoms with Crippen molar-refractivity contribution in [2.24, 2.45) is 11.7 Å². The predicted octanol–water partition coefficient (Wildman–Crippen LogP) is 1.92. The molecule has 0 aromatic heterocycles. The molecule has 118 valence electrons. The maximum Gasteiger partial charge on any atom is 0.119 e. The highest BCUT2D eigenvalue weighted by Crippen LogP contribution is 2.17. The monoisotopic (exact) mass is 292 g/mol. The lowest BCUT2D eigenvalue weighted by molar-refractivity contribution is 0.0832. The molecule has 21 heavy (non-hydrogen) atoms. The van der Waals surface area contributed by atoms with Crippen molar-refractivity contribution >= 4 is 0 Å². The summed E-state index contributed by atoms with van der Waals surface area (Å²) in [5.74, 6) is 1.63. The molecule has 0 radical (unpaired) electrons. The van der Waals surface area contributed by atoms with E-state index in [1.807, 2.05) is 12.1 Å². The van der Waals surface area contributed by atoms with Crippen LogP contribution >= 0.6 is 0 Å². The Bertz CT molecular complexity index is 392. The average molecular weight is 292 g/mol. The number of hydrogen-bond donors (Lipinski definition) is 1. The maximum atomic E-state index is 5.83. The molecule has 2 rings (SSSR count). The molecule has 1 unspecified atom stereocenters. The SMILES string of the molecule is COCC1CCCN(CCOc2ccc(CCN)cc2)C1. The Hall–Kier alpha value is -1.10. The minimum atomic E-state index is 0.680. The smallest absolute Gasteiger partial charge is 0.119 e. The fourth-order valence-corrected chi connectivity index (χ4v) is 2.94. The summed E-state index contributed by atoms with van der Waals surface area (Å²) < 4.78 is 11.1. The van der Waals surface area contributed by atoms with Crippen molar-refractivity contribution in [1.29, 1.82) is 0 Å². The molecule has 0 spiro atoms. The van der Waals surface area contributed by atoms with E-state index in [1.54, 1.807) is 7.11 Å². The molecule has 4 nitrogen and oxygen atoms in total. The normalized spacial score (nSPS) is 19.6. The molecule has 1 aliphatic rings. The van der Waals surface area contributed by atoms with Crippen LogP contribution in [0.15, 0.2) is 24.3 Å². The number of methoxy groups -OCH3 is 1. The van der Waals surface area contributed by atoms with E-state index in [-0.39, 0.29) is 0 Å². The van der Waals surface area contributed by atoms with Crippen LogP contribution in [0.4, 0.5) is 0 Å². The Morgan fingerprint density at radius 3 is 2.81 bits per heavy atom. The Kier molecular flexibility index (Phi) is 7.00. The Labute approximate surface area is 128 Å². The molecular weight excluding hydrogens is 264 g/mol. The zero-order valence-electron chi connectivity index (χ0n) is 13.1. The van der Waals surface area contributed by atoms with Gasteiger partial charge in [-0.05, 0) is 56.0 Å². The van der Waals surface area contributed by atoms with Crippen molar-refractivity contribution in [3.63, 3.8) is 0 Å². The fraction of sp³-hybridized carbons (Fsp3) is 0.647. The molecule has 0 bridgehead atoms. The molecule has 0 saturated carbocycles. The largest absolute Gasteiger partial charge is 0.492 e. The number of hydrogen-bond acceptors (Lipinski definition) is 4. The van der Waals surface area contributed by atoms with Crippen molar-refractivity contribution < 1.29 is 9.47 Å². The summed E-state index contributed by atoms with van der Waals surface area (Å²) in [6.45, 7) is 5.62. The summed E-state index contributed by atoms with van der Waals surface area (Å²) in [5, 5.41) is 0. The number of benzene rings is 1. The van der Waals surface area contributed by atoms with E-state index in [9.17, 15) is 0 Å². The van der Waals surface area contributed by atoms with Crippen LogP contribution in [-0.4, -0.2) is 51.4 Å². The molecule has 1 aliphatic heterocycles. The molecule has 1 saturated heterocycles. The Balaban J connectivity index is 1.68. The van der Waals surface area contributed by atoms with E-state index in [0.29, 0.717) is 12.5 Å². The third kappa shape index (κ3) is 5.65. The van der Waals surface area contributed by atoms with Crippen molar-refractivity contribution in [2.45, 2.75) is 19.3 Å². The molecule has 0 aliphatic carbocycles. The number of likely N-dealkylation sites (tertiary alicyclic amines) is 1. The second-order valence-electron chi connectivity index (χ2n) is 5.80. The van der Waals surface area contributed by atoms with E-state index in [1.165, 1.54) is 24.9 Å². The van der Waals surface area contributed by atoms with Crippen molar-refractivity contribution in [2.75, 3.05) is 46.5 Å². The highest BCUT2D eigenvalue weighted by molar-refractivity contribution is 5.27. The van der Waals surface area contributed by atoms with E-state index in [2.05, 4.69) is 17.0 Å². The summed E-state index contributed by atoms with van der Waals surface area (Å²) in [6, 6.07) is 8.26. The van der Waals surface area contributed by atoms with E-state index in [4.69, 9.17) is 15.2 Å². The van der Waals surface area contributed by atoms with Crippen LogP contribution in [-0.2, 0) is 11.2 Å². The molecule has 1 atom stereocenters. The lowest BCUT2D eigenvalue weighted by atomic mass is 9.99. The maximum absolute atomic E-state index is 5.83. The summed E-state index contributed by atoms with van der Waals surface area (Å²) in [4.78, 5) is 2.48. The first-order chi connectivity index (χ1) is 10.3. The lowest BCUT2D eigenvalue weighted by Crippen LogP contribution is -2.39. The number of piperidine rings is 1. The summed E-state index contributed by atoms with van der Waals surface area (Å²) in [5.41, 5.74) is 6.82. The number of nitrogens with two attached hydrogens (primary N) is 1. The Morgan fingerprint density at radius 2 is 2.10 bits per heavy atom. The third-order valence-electron chi connectivity index (χ3n) is 4.04. The van der Waals surface area contributed by atoms with Gasteiger partial charge in [-0.1, -0.05) is 12.1 Å². The summed E-state index contributed by atoms with van der Waals surface area (Å²) in [7, 11) is 1.79. The van der Waals surface area contributed by atoms with Crippen LogP contribution in [0.25, 0.3) is 0 Å². The standard InChI is InChI=1S/C17H28N2O2/c1-20-14-16-3-2-10-19(13-16)11-12-21-17-6-4-15(5-7-17)8-9-18/h4-7,16H,2-3,8-14,18H2,1H3. The van der Waals surface area contributed by atoms with Gasteiger partial charge in [-0.2, -0.15) is 0 Å². The van der Waals surface area contributed by atoms with Crippen LogP contribution in [0.1, 0.15) is 18.4 Å². The minimum absolute atomic E-state index is 0.680. The average Bonchev–Trinajstić information content (AvgIpc) is 2.50. The van der Waals surface area contributed by atoms with Gasteiger partial charge in [0, 0.05) is 20.2 Å². The fourth-order valence-electron chi connectivity index (χ4n) is 2.94. The predicted molar refractivity (Wildman–Crippen MR) is 85.7 cm³/mol. The van der Waals surface area contributed by atoms with Crippen LogP contribution in [0.2, 0.25) is 0 Å². The molecule has 1 heterocycles. The second-order valence-corrected chi connectivity index (χ2v) is 5.80. The number of nitrogens with zero attached hydrogens (tertiary/aromatic N) is 1. The van der Waals surface area contributed by atoms with Crippen molar-refractivity contribution in [1.82, 2.24) is 4.90 Å². The minimum Gasteiger partial charge on any atom is -0.492 e. The van der Waals surface area contributed by atoms with Crippen LogP contribution in [0.3, 0.4) is 0 Å².